The zero-order valence-corrected chi connectivity index (χ0v) is 36.0. The van der Waals surface area contributed by atoms with Gasteiger partial charge in [-0.05, 0) is 102 Å². The van der Waals surface area contributed by atoms with Gasteiger partial charge in [0, 0.05) is 40.0 Å². The summed E-state index contributed by atoms with van der Waals surface area (Å²) in [7, 11) is 0. The number of aromatic hydroxyl groups is 1. The van der Waals surface area contributed by atoms with Gasteiger partial charge in [0.25, 0.3) is 0 Å². The molecule has 0 saturated heterocycles. The van der Waals surface area contributed by atoms with Crippen LogP contribution in [-0.2, 0) is 21.1 Å². The number of hydrogen-bond donors (Lipinski definition) is 1. The molecule has 2 heterocycles. The minimum absolute atomic E-state index is 0. The van der Waals surface area contributed by atoms with Crippen molar-refractivity contribution in [1.82, 2.24) is 14.5 Å². The Hall–Kier alpha value is -6.35. The van der Waals surface area contributed by atoms with E-state index in [2.05, 4.69) is 133 Å². The van der Waals surface area contributed by atoms with Crippen molar-refractivity contribution in [2.24, 2.45) is 0 Å². The van der Waals surface area contributed by atoms with Crippen LogP contribution in [0.15, 0.2) is 164 Å². The third-order valence-corrected chi connectivity index (χ3v) is 10.9. The van der Waals surface area contributed by atoms with Crippen LogP contribution in [0.2, 0.25) is 0 Å². The number of fused-ring (bicyclic) bond motifs is 1. The second-order valence-electron chi connectivity index (χ2n) is 15.4. The van der Waals surface area contributed by atoms with Gasteiger partial charge in [0.2, 0.25) is 0 Å². The van der Waals surface area contributed by atoms with Crippen LogP contribution in [0.4, 0.5) is 0 Å². The molecule has 0 aliphatic carbocycles. The molecule has 59 heavy (non-hydrogen) atoms. The summed E-state index contributed by atoms with van der Waals surface area (Å²) < 4.78 is 11.3. The van der Waals surface area contributed by atoms with Gasteiger partial charge < -0.3 is 5.11 Å². The summed E-state index contributed by atoms with van der Waals surface area (Å²) in [5, 5.41) is 11.7. The number of nitrogens with zero attached hydrogens (tertiary/aromatic N) is 3. The number of aryl methyl sites for hydroxylation is 3. The van der Waals surface area contributed by atoms with Crippen LogP contribution >= 0.6 is 0 Å². The van der Waals surface area contributed by atoms with Crippen molar-refractivity contribution in [2.45, 2.75) is 40.5 Å². The SMILES string of the molecule is [2H]C(C)(C)c1cc(-c2ccccc2)cc(-n2c(-c3cc(C)cc(C)c3O)nc3c(-c4[c-]c(-c5cc(-c6ccc(C)cc6)ccn5)cc(-c5ccccc5)c4)cccc32)c1.[Pt]. The maximum atomic E-state index is 11.7. The maximum Gasteiger partial charge on any atom is 0.148 e. The van der Waals surface area contributed by atoms with Crippen molar-refractivity contribution in [2.75, 3.05) is 0 Å². The Morgan fingerprint density at radius 2 is 1.25 bits per heavy atom. The van der Waals surface area contributed by atoms with Crippen LogP contribution in [0.3, 0.4) is 0 Å². The Morgan fingerprint density at radius 1 is 0.593 bits per heavy atom. The Kier molecular flexibility index (Phi) is 10.7. The molecule has 0 unspecified atom stereocenters. The summed E-state index contributed by atoms with van der Waals surface area (Å²) in [5.74, 6) is -0.0758. The number of phenols is 1. The van der Waals surface area contributed by atoms with Gasteiger partial charge in [0.1, 0.15) is 11.6 Å². The van der Waals surface area contributed by atoms with E-state index in [0.29, 0.717) is 11.4 Å². The quantitative estimate of drug-likeness (QED) is 0.154. The van der Waals surface area contributed by atoms with Gasteiger partial charge in [-0.25, -0.2) is 4.98 Å². The number of rotatable bonds is 8. The summed E-state index contributed by atoms with van der Waals surface area (Å²) in [4.78, 5) is 10.3. The smallest absolute Gasteiger partial charge is 0.148 e. The third-order valence-electron chi connectivity index (χ3n) is 10.9. The van der Waals surface area contributed by atoms with E-state index in [1.54, 1.807) is 0 Å². The van der Waals surface area contributed by atoms with Gasteiger partial charge in [-0.3, -0.25) is 9.55 Å². The molecule has 0 fully saturated rings. The first-order valence-corrected chi connectivity index (χ1v) is 19.7. The summed E-state index contributed by atoms with van der Waals surface area (Å²) in [6.45, 7) is 9.90. The molecule has 0 amide bonds. The molecule has 0 bridgehead atoms. The standard InChI is InChI=1S/C54H44N3O.Pt/c1-34(2)42-27-44(39-15-10-7-11-16-39)32-47(31-42)57-51-18-12-17-48(52(51)56-54(57)49-26-36(4)25-37(5)53(49)58)45-28-43(38-13-8-6-9-14-38)29-46(30-45)50-33-41(23-24-55-50)40-21-19-35(3)20-22-40;/h6-29,31-34,58H,1-5H3;/q-1;/i34D;. The maximum absolute atomic E-state index is 11.7. The topological polar surface area (TPSA) is 50.9 Å². The van der Waals surface area contributed by atoms with Gasteiger partial charge in [-0.1, -0.05) is 151 Å². The molecule has 2 aromatic heterocycles. The Bertz CT molecular complexity index is 3000. The molecule has 7 aromatic carbocycles. The number of benzene rings is 7. The molecule has 292 valence electrons. The van der Waals surface area contributed by atoms with E-state index in [0.717, 1.165) is 89.2 Å². The number of para-hydroxylation sites is 1. The fraction of sp³-hybridized carbons (Fsp3) is 0.111. The summed E-state index contributed by atoms with van der Waals surface area (Å²) in [6, 6.07) is 58.2. The predicted octanol–water partition coefficient (Wildman–Crippen LogP) is 14.0. The molecular weight excluding hydrogens is 902 g/mol. The Labute approximate surface area is 362 Å². The van der Waals surface area contributed by atoms with Crippen molar-refractivity contribution in [3.05, 3.63) is 192 Å². The second-order valence-corrected chi connectivity index (χ2v) is 15.4. The van der Waals surface area contributed by atoms with E-state index in [4.69, 9.17) is 11.3 Å². The summed E-state index contributed by atoms with van der Waals surface area (Å²) >= 11 is 0. The van der Waals surface area contributed by atoms with Crippen LogP contribution in [0, 0.1) is 26.8 Å². The molecular formula is C54H44N3OPt-. The van der Waals surface area contributed by atoms with Crippen molar-refractivity contribution in [3.8, 4) is 78.6 Å². The molecule has 0 atom stereocenters. The molecule has 0 aliphatic rings. The molecule has 0 aliphatic heterocycles. The minimum atomic E-state index is -0.878. The molecule has 0 spiro atoms. The monoisotopic (exact) mass is 946 g/mol. The van der Waals surface area contributed by atoms with E-state index in [1.807, 2.05) is 76.4 Å². The van der Waals surface area contributed by atoms with Crippen molar-refractivity contribution < 1.29 is 27.5 Å². The van der Waals surface area contributed by atoms with Gasteiger partial charge in [-0.2, -0.15) is 0 Å². The third kappa shape index (κ3) is 7.81. The fourth-order valence-electron chi connectivity index (χ4n) is 7.87. The van der Waals surface area contributed by atoms with E-state index in [9.17, 15) is 5.11 Å². The summed E-state index contributed by atoms with van der Waals surface area (Å²) in [6.07, 6.45) is 1.87. The number of pyridine rings is 1. The average Bonchev–Trinajstić information content (AvgIpc) is 3.65. The molecule has 9 rings (SSSR count). The van der Waals surface area contributed by atoms with Crippen LogP contribution in [-0.4, -0.2) is 19.6 Å². The van der Waals surface area contributed by atoms with Gasteiger partial charge in [0.15, 0.2) is 0 Å². The normalized spacial score (nSPS) is 11.6. The van der Waals surface area contributed by atoms with Gasteiger partial charge in [0.05, 0.1) is 16.6 Å². The number of imidazole rings is 1. The van der Waals surface area contributed by atoms with E-state index in [1.165, 1.54) is 5.56 Å². The van der Waals surface area contributed by atoms with Crippen molar-refractivity contribution in [1.29, 1.82) is 0 Å². The first-order valence-electron chi connectivity index (χ1n) is 20.2. The molecule has 1 N–H and O–H groups in total. The molecule has 0 saturated carbocycles. The summed E-state index contributed by atoms with van der Waals surface area (Å²) in [5.41, 5.74) is 16.9. The molecule has 0 radical (unpaired) electrons. The van der Waals surface area contributed by atoms with Crippen LogP contribution in [0.25, 0.3) is 83.9 Å². The minimum Gasteiger partial charge on any atom is -0.507 e. The van der Waals surface area contributed by atoms with Gasteiger partial charge in [-0.15, -0.1) is 23.8 Å². The van der Waals surface area contributed by atoms with Crippen molar-refractivity contribution >= 4 is 11.0 Å². The number of aromatic nitrogens is 3. The molecule has 9 aromatic rings. The van der Waals surface area contributed by atoms with E-state index in [-0.39, 0.29) is 26.8 Å². The van der Waals surface area contributed by atoms with Crippen molar-refractivity contribution in [3.63, 3.8) is 0 Å². The van der Waals surface area contributed by atoms with Crippen LogP contribution < -0.4 is 0 Å². The number of phenolic OH excluding ortho intramolecular Hbond substituents is 1. The predicted molar refractivity (Wildman–Crippen MR) is 240 cm³/mol. The first-order chi connectivity index (χ1) is 28.5. The van der Waals surface area contributed by atoms with E-state index < -0.39 is 5.89 Å². The van der Waals surface area contributed by atoms with Gasteiger partial charge >= 0.3 is 0 Å². The zero-order chi connectivity index (χ0) is 40.8. The zero-order valence-electron chi connectivity index (χ0n) is 34.7. The largest absolute Gasteiger partial charge is 0.507 e. The molecule has 4 nitrogen and oxygen atoms in total. The van der Waals surface area contributed by atoms with Crippen LogP contribution in [0.1, 0.15) is 43.4 Å². The first kappa shape index (κ1) is 38.2. The van der Waals surface area contributed by atoms with Crippen LogP contribution in [0.5, 0.6) is 5.75 Å². The fourth-order valence-corrected chi connectivity index (χ4v) is 7.87. The number of hydrogen-bond acceptors (Lipinski definition) is 3. The Balaban J connectivity index is 0.00000499. The average molecular weight is 947 g/mol. The van der Waals surface area contributed by atoms with E-state index >= 15 is 0 Å². The Morgan fingerprint density at radius 3 is 1.95 bits per heavy atom. The second kappa shape index (κ2) is 16.5. The molecule has 5 heteroatoms.